The Bertz CT molecular complexity index is 1210. The van der Waals surface area contributed by atoms with Gasteiger partial charge in [-0.05, 0) is 66.9 Å². The van der Waals surface area contributed by atoms with Crippen molar-refractivity contribution in [2.24, 2.45) is 0 Å². The molecule has 7 heteroatoms. The molecule has 0 unspecified atom stereocenters. The number of anilines is 1. The fourth-order valence-electron chi connectivity index (χ4n) is 3.41. The molecule has 164 valence electrons. The number of methoxy groups -OCH3 is 1. The minimum Gasteiger partial charge on any atom is -0.497 e. The largest absolute Gasteiger partial charge is 0.497 e. The Balaban J connectivity index is 1.34. The molecule has 1 amide bonds. The summed E-state index contributed by atoms with van der Waals surface area (Å²) in [6.45, 7) is 4.85. The molecule has 0 aliphatic rings. The lowest BCUT2D eigenvalue weighted by atomic mass is 10.1. The average Bonchev–Trinajstić information content (AvgIpc) is 3.41. The standard InChI is InChI=1S/C25H25N3O4/c1-17-9-18(2)11-23(10-17)31-16-22-7-8-24(32-22)25(29)27-20-13-26-28(15-20)14-19-5-4-6-21(12-19)30-3/h4-13,15H,14,16H2,1-3H3,(H,27,29). The van der Waals surface area contributed by atoms with Crippen LogP contribution in [-0.2, 0) is 13.2 Å². The summed E-state index contributed by atoms with van der Waals surface area (Å²) in [6, 6.07) is 17.2. The molecule has 2 aromatic heterocycles. The lowest BCUT2D eigenvalue weighted by molar-refractivity contribution is 0.0992. The number of hydrogen-bond acceptors (Lipinski definition) is 5. The highest BCUT2D eigenvalue weighted by atomic mass is 16.5. The van der Waals surface area contributed by atoms with E-state index >= 15 is 0 Å². The van der Waals surface area contributed by atoms with Crippen molar-refractivity contribution in [2.45, 2.75) is 27.0 Å². The zero-order chi connectivity index (χ0) is 22.5. The maximum absolute atomic E-state index is 12.5. The first-order valence-electron chi connectivity index (χ1n) is 10.2. The minimum absolute atomic E-state index is 0.213. The fourth-order valence-corrected chi connectivity index (χ4v) is 3.41. The molecule has 0 radical (unpaired) electrons. The molecule has 4 rings (SSSR count). The molecule has 7 nitrogen and oxygen atoms in total. The average molecular weight is 431 g/mol. The van der Waals surface area contributed by atoms with E-state index in [4.69, 9.17) is 13.9 Å². The molecular weight excluding hydrogens is 406 g/mol. The van der Waals surface area contributed by atoms with Crippen molar-refractivity contribution in [3.05, 3.63) is 95.2 Å². The van der Waals surface area contributed by atoms with Crippen LogP contribution in [0.2, 0.25) is 0 Å². The van der Waals surface area contributed by atoms with Crippen molar-refractivity contribution in [2.75, 3.05) is 12.4 Å². The highest BCUT2D eigenvalue weighted by molar-refractivity contribution is 6.02. The van der Waals surface area contributed by atoms with Gasteiger partial charge in [-0.3, -0.25) is 9.48 Å². The number of aromatic nitrogens is 2. The fraction of sp³-hybridized carbons (Fsp3) is 0.200. The van der Waals surface area contributed by atoms with E-state index in [1.165, 1.54) is 0 Å². The van der Waals surface area contributed by atoms with E-state index in [-0.39, 0.29) is 18.3 Å². The predicted molar refractivity (Wildman–Crippen MR) is 121 cm³/mol. The lowest BCUT2D eigenvalue weighted by Gasteiger charge is -2.06. The van der Waals surface area contributed by atoms with Crippen LogP contribution < -0.4 is 14.8 Å². The minimum atomic E-state index is -0.344. The molecule has 2 heterocycles. The van der Waals surface area contributed by atoms with E-state index in [1.54, 1.807) is 36.3 Å². The van der Waals surface area contributed by atoms with Crippen molar-refractivity contribution in [3.63, 3.8) is 0 Å². The zero-order valence-electron chi connectivity index (χ0n) is 18.3. The van der Waals surface area contributed by atoms with E-state index in [1.807, 2.05) is 50.2 Å². The summed E-state index contributed by atoms with van der Waals surface area (Å²) in [5.41, 5.74) is 3.89. The van der Waals surface area contributed by atoms with Gasteiger partial charge < -0.3 is 19.2 Å². The van der Waals surface area contributed by atoms with Crippen molar-refractivity contribution in [1.82, 2.24) is 9.78 Å². The number of rotatable bonds is 8. The number of amides is 1. The molecule has 2 aromatic carbocycles. The number of carbonyl (C=O) groups is 1. The molecule has 32 heavy (non-hydrogen) atoms. The van der Waals surface area contributed by atoms with Gasteiger partial charge in [0.1, 0.15) is 23.9 Å². The van der Waals surface area contributed by atoms with Crippen LogP contribution >= 0.6 is 0 Å². The van der Waals surface area contributed by atoms with Crippen LogP contribution in [0.1, 0.15) is 33.0 Å². The molecule has 0 atom stereocenters. The normalized spacial score (nSPS) is 10.7. The lowest BCUT2D eigenvalue weighted by Crippen LogP contribution is -2.10. The number of nitrogens with zero attached hydrogens (tertiary/aromatic N) is 2. The summed E-state index contributed by atoms with van der Waals surface area (Å²) in [5, 5.41) is 7.11. The third kappa shape index (κ3) is 5.37. The number of benzene rings is 2. The van der Waals surface area contributed by atoms with Crippen molar-refractivity contribution >= 4 is 11.6 Å². The van der Waals surface area contributed by atoms with Gasteiger partial charge in [0.25, 0.3) is 5.91 Å². The maximum atomic E-state index is 12.5. The van der Waals surface area contributed by atoms with E-state index in [9.17, 15) is 4.79 Å². The summed E-state index contributed by atoms with van der Waals surface area (Å²) in [7, 11) is 1.64. The Morgan fingerprint density at radius 1 is 1.06 bits per heavy atom. The van der Waals surface area contributed by atoms with Gasteiger partial charge in [-0.25, -0.2) is 0 Å². The van der Waals surface area contributed by atoms with Gasteiger partial charge in [-0.1, -0.05) is 18.2 Å². The van der Waals surface area contributed by atoms with Crippen LogP contribution in [0.4, 0.5) is 5.69 Å². The zero-order valence-corrected chi connectivity index (χ0v) is 18.3. The molecule has 0 aliphatic carbocycles. The molecule has 0 saturated heterocycles. The van der Waals surface area contributed by atoms with Gasteiger partial charge in [0.15, 0.2) is 5.76 Å². The predicted octanol–water partition coefficient (Wildman–Crippen LogP) is 4.98. The highest BCUT2D eigenvalue weighted by Gasteiger charge is 2.13. The molecule has 0 fully saturated rings. The molecular formula is C25H25N3O4. The van der Waals surface area contributed by atoms with E-state index in [2.05, 4.69) is 16.5 Å². The van der Waals surface area contributed by atoms with Crippen LogP contribution in [0.15, 0.2) is 71.4 Å². The van der Waals surface area contributed by atoms with E-state index in [0.717, 1.165) is 28.2 Å². The summed E-state index contributed by atoms with van der Waals surface area (Å²) < 4.78 is 18.4. The number of ether oxygens (including phenoxy) is 2. The van der Waals surface area contributed by atoms with Gasteiger partial charge in [0.05, 0.1) is 25.5 Å². The Morgan fingerprint density at radius 2 is 1.88 bits per heavy atom. The Morgan fingerprint density at radius 3 is 2.66 bits per heavy atom. The third-order valence-electron chi connectivity index (χ3n) is 4.83. The summed E-state index contributed by atoms with van der Waals surface area (Å²) in [5.74, 6) is 2.00. The van der Waals surface area contributed by atoms with Crippen LogP contribution in [0, 0.1) is 13.8 Å². The van der Waals surface area contributed by atoms with Gasteiger partial charge >= 0.3 is 0 Å². The second-order valence-corrected chi connectivity index (χ2v) is 7.61. The number of hydrogen-bond donors (Lipinski definition) is 1. The van der Waals surface area contributed by atoms with Crippen LogP contribution in [0.3, 0.4) is 0 Å². The van der Waals surface area contributed by atoms with Gasteiger partial charge in [-0.2, -0.15) is 5.10 Å². The molecule has 0 bridgehead atoms. The SMILES string of the molecule is COc1cccc(Cn2cc(NC(=O)c3ccc(COc4cc(C)cc(C)c4)o3)cn2)c1. The van der Waals surface area contributed by atoms with Gasteiger partial charge in [0, 0.05) is 6.20 Å². The van der Waals surface area contributed by atoms with Crippen LogP contribution in [0.25, 0.3) is 0 Å². The highest BCUT2D eigenvalue weighted by Crippen LogP contribution is 2.19. The number of aryl methyl sites for hydroxylation is 2. The molecule has 0 spiro atoms. The second-order valence-electron chi connectivity index (χ2n) is 7.61. The molecule has 0 saturated carbocycles. The number of nitrogens with one attached hydrogen (secondary N) is 1. The van der Waals surface area contributed by atoms with Crippen LogP contribution in [-0.4, -0.2) is 22.8 Å². The first-order valence-corrected chi connectivity index (χ1v) is 10.2. The number of carbonyl (C=O) groups excluding carboxylic acids is 1. The maximum Gasteiger partial charge on any atom is 0.291 e. The molecule has 1 N–H and O–H groups in total. The Hall–Kier alpha value is -4.00. The van der Waals surface area contributed by atoms with Crippen molar-refractivity contribution in [3.8, 4) is 11.5 Å². The third-order valence-corrected chi connectivity index (χ3v) is 4.83. The summed E-state index contributed by atoms with van der Waals surface area (Å²) >= 11 is 0. The van der Waals surface area contributed by atoms with Crippen LogP contribution in [0.5, 0.6) is 11.5 Å². The monoisotopic (exact) mass is 431 g/mol. The first-order chi connectivity index (χ1) is 15.5. The number of furan rings is 1. The molecule has 0 aliphatic heterocycles. The topological polar surface area (TPSA) is 78.5 Å². The molecule has 4 aromatic rings. The van der Waals surface area contributed by atoms with Crippen molar-refractivity contribution < 1.29 is 18.7 Å². The Kier molecular flexibility index (Phi) is 6.26. The van der Waals surface area contributed by atoms with E-state index < -0.39 is 0 Å². The van der Waals surface area contributed by atoms with E-state index in [0.29, 0.717) is 18.0 Å². The second kappa shape index (κ2) is 9.43. The van der Waals surface area contributed by atoms with Gasteiger partial charge in [-0.15, -0.1) is 0 Å². The smallest absolute Gasteiger partial charge is 0.291 e. The quantitative estimate of drug-likeness (QED) is 0.426. The summed E-state index contributed by atoms with van der Waals surface area (Å²) in [4.78, 5) is 12.5. The van der Waals surface area contributed by atoms with Crippen molar-refractivity contribution in [1.29, 1.82) is 0 Å². The summed E-state index contributed by atoms with van der Waals surface area (Å²) in [6.07, 6.45) is 3.37. The Labute approximate surface area is 186 Å². The first kappa shape index (κ1) is 21.2. The van der Waals surface area contributed by atoms with Gasteiger partial charge in [0.2, 0.25) is 0 Å².